The molecule has 62 valence electrons. The normalized spacial score (nSPS) is 8.58. The van der Waals surface area contributed by atoms with Crippen LogP contribution in [0.4, 0.5) is 10.5 Å². The minimum absolute atomic E-state index is 0.0380. The van der Waals surface area contributed by atoms with Crippen LogP contribution in [-0.2, 0) is 4.74 Å². The number of ether oxygens (including phenoxy) is 1. The Morgan fingerprint density at radius 3 is 3.33 bits per heavy atom. The van der Waals surface area contributed by atoms with Crippen molar-refractivity contribution < 1.29 is 9.53 Å². The van der Waals surface area contributed by atoms with E-state index < -0.39 is 6.09 Å². The van der Waals surface area contributed by atoms with Crippen LogP contribution in [0.15, 0.2) is 12.4 Å². The van der Waals surface area contributed by atoms with E-state index in [-0.39, 0.29) is 6.61 Å². The predicted octanol–water partition coefficient (Wildman–Crippen LogP) is 0.591. The van der Waals surface area contributed by atoms with Crippen LogP contribution in [0.3, 0.4) is 0 Å². The van der Waals surface area contributed by atoms with Gasteiger partial charge in [0.25, 0.3) is 0 Å². The van der Waals surface area contributed by atoms with Gasteiger partial charge in [0.05, 0.1) is 11.9 Å². The highest BCUT2D eigenvalue weighted by Gasteiger charge is 2.01. The van der Waals surface area contributed by atoms with E-state index in [2.05, 4.69) is 26.2 Å². The van der Waals surface area contributed by atoms with Gasteiger partial charge in [-0.15, -0.1) is 6.42 Å². The van der Waals surface area contributed by atoms with Gasteiger partial charge in [-0.25, -0.2) is 4.79 Å². The maximum Gasteiger partial charge on any atom is 0.412 e. The number of terminal acetylenes is 1. The van der Waals surface area contributed by atoms with Gasteiger partial charge in [0.15, 0.2) is 6.61 Å². The number of carbonyl (C=O) groups excluding carboxylic acids is 1. The number of nitrogens with zero attached hydrogens (tertiary/aromatic N) is 1. The van der Waals surface area contributed by atoms with Crippen LogP contribution in [0.2, 0.25) is 0 Å². The van der Waals surface area contributed by atoms with Crippen molar-refractivity contribution in [3.05, 3.63) is 12.4 Å². The molecule has 0 aliphatic rings. The molecule has 0 saturated carbocycles. The van der Waals surface area contributed by atoms with Crippen molar-refractivity contribution in [2.24, 2.45) is 0 Å². The minimum Gasteiger partial charge on any atom is -0.436 e. The largest absolute Gasteiger partial charge is 0.436 e. The highest BCUT2D eigenvalue weighted by Crippen LogP contribution is 2.00. The van der Waals surface area contributed by atoms with Crippen molar-refractivity contribution in [1.29, 1.82) is 0 Å². The number of hydrogen-bond donors (Lipinski definition) is 2. The molecule has 2 N–H and O–H groups in total. The van der Waals surface area contributed by atoms with Crippen LogP contribution in [0, 0.1) is 12.3 Å². The van der Waals surface area contributed by atoms with Crippen LogP contribution in [0.25, 0.3) is 0 Å². The molecule has 0 saturated heterocycles. The van der Waals surface area contributed by atoms with E-state index in [4.69, 9.17) is 6.42 Å². The van der Waals surface area contributed by atoms with E-state index in [0.717, 1.165) is 0 Å². The Kier molecular flexibility index (Phi) is 2.73. The Morgan fingerprint density at radius 1 is 1.92 bits per heavy atom. The summed E-state index contributed by atoms with van der Waals surface area (Å²) in [6.07, 6.45) is 7.27. The summed E-state index contributed by atoms with van der Waals surface area (Å²) in [5.74, 6) is 2.17. The molecule has 5 nitrogen and oxygen atoms in total. The van der Waals surface area contributed by atoms with E-state index in [0.29, 0.717) is 5.69 Å². The molecular formula is C7H7N3O2. The smallest absolute Gasteiger partial charge is 0.412 e. The van der Waals surface area contributed by atoms with Gasteiger partial charge in [-0.3, -0.25) is 10.4 Å². The first-order chi connectivity index (χ1) is 5.83. The lowest BCUT2D eigenvalue weighted by molar-refractivity contribution is 0.176. The topological polar surface area (TPSA) is 67.0 Å². The number of aromatic amines is 1. The molecule has 0 radical (unpaired) electrons. The lowest BCUT2D eigenvalue weighted by Gasteiger charge is -1.99. The van der Waals surface area contributed by atoms with Crippen molar-refractivity contribution >= 4 is 11.8 Å². The second kappa shape index (κ2) is 4.03. The van der Waals surface area contributed by atoms with Gasteiger partial charge < -0.3 is 4.74 Å². The van der Waals surface area contributed by atoms with Gasteiger partial charge in [-0.1, -0.05) is 5.92 Å². The molecule has 1 aromatic heterocycles. The molecule has 0 bridgehead atoms. The quantitative estimate of drug-likeness (QED) is 0.630. The standard InChI is InChI=1S/C7H7N3O2/c1-2-3-12-7(11)10-6-4-8-9-5-6/h1,4-5H,3H2,(H,8,9)(H,10,11). The summed E-state index contributed by atoms with van der Waals surface area (Å²) in [4.78, 5) is 10.8. The molecule has 0 aliphatic carbocycles. The monoisotopic (exact) mass is 165 g/mol. The maximum absolute atomic E-state index is 10.8. The van der Waals surface area contributed by atoms with Gasteiger partial charge in [0.1, 0.15) is 0 Å². The molecule has 1 rings (SSSR count). The minimum atomic E-state index is -0.589. The Bertz CT molecular complexity index is 286. The third kappa shape index (κ3) is 2.34. The molecule has 12 heavy (non-hydrogen) atoms. The number of rotatable bonds is 2. The fourth-order valence-corrected chi connectivity index (χ4v) is 0.580. The lowest BCUT2D eigenvalue weighted by atomic mass is 10.6. The summed E-state index contributed by atoms with van der Waals surface area (Å²) in [6.45, 7) is -0.0380. The fourth-order valence-electron chi connectivity index (χ4n) is 0.580. The van der Waals surface area contributed by atoms with E-state index in [1.54, 1.807) is 0 Å². The molecule has 0 fully saturated rings. The second-order valence-corrected chi connectivity index (χ2v) is 1.89. The Labute approximate surface area is 69.1 Å². The van der Waals surface area contributed by atoms with E-state index in [1.165, 1.54) is 12.4 Å². The van der Waals surface area contributed by atoms with Crippen LogP contribution in [0.1, 0.15) is 0 Å². The SMILES string of the molecule is C#CCOC(=O)Nc1cn[nH]c1. The zero-order valence-electron chi connectivity index (χ0n) is 6.20. The Balaban J connectivity index is 2.33. The average Bonchev–Trinajstić information content (AvgIpc) is 2.53. The third-order valence-corrected chi connectivity index (χ3v) is 1.03. The van der Waals surface area contributed by atoms with Gasteiger partial charge in [-0.05, 0) is 0 Å². The van der Waals surface area contributed by atoms with Gasteiger partial charge in [-0.2, -0.15) is 5.10 Å². The highest BCUT2D eigenvalue weighted by atomic mass is 16.5. The number of aromatic nitrogens is 2. The van der Waals surface area contributed by atoms with Crippen LogP contribution in [-0.4, -0.2) is 22.9 Å². The molecule has 1 heterocycles. The summed E-state index contributed by atoms with van der Waals surface area (Å²) in [5.41, 5.74) is 0.539. The second-order valence-electron chi connectivity index (χ2n) is 1.89. The number of nitrogens with one attached hydrogen (secondary N) is 2. The van der Waals surface area contributed by atoms with Gasteiger partial charge in [0.2, 0.25) is 0 Å². The number of carbonyl (C=O) groups is 1. The zero-order valence-corrected chi connectivity index (χ0v) is 6.20. The van der Waals surface area contributed by atoms with Crippen LogP contribution in [0.5, 0.6) is 0 Å². The molecule has 0 aliphatic heterocycles. The molecule has 0 atom stereocenters. The average molecular weight is 165 g/mol. The molecular weight excluding hydrogens is 158 g/mol. The molecule has 5 heteroatoms. The highest BCUT2D eigenvalue weighted by molar-refractivity contribution is 5.84. The number of hydrogen-bond acceptors (Lipinski definition) is 3. The number of H-pyrrole nitrogens is 1. The Hall–Kier alpha value is -1.96. The fraction of sp³-hybridized carbons (Fsp3) is 0.143. The van der Waals surface area contributed by atoms with E-state index in [9.17, 15) is 4.79 Å². The summed E-state index contributed by atoms with van der Waals surface area (Å²) in [5, 5.41) is 8.56. The first-order valence-corrected chi connectivity index (χ1v) is 3.19. The van der Waals surface area contributed by atoms with E-state index >= 15 is 0 Å². The van der Waals surface area contributed by atoms with Crippen molar-refractivity contribution in [3.8, 4) is 12.3 Å². The third-order valence-electron chi connectivity index (χ3n) is 1.03. The lowest BCUT2D eigenvalue weighted by Crippen LogP contribution is -2.13. The summed E-state index contributed by atoms with van der Waals surface area (Å²) < 4.78 is 4.54. The molecule has 0 unspecified atom stereocenters. The molecule has 0 spiro atoms. The number of anilines is 1. The van der Waals surface area contributed by atoms with Crippen molar-refractivity contribution in [3.63, 3.8) is 0 Å². The van der Waals surface area contributed by atoms with Crippen LogP contribution >= 0.6 is 0 Å². The first kappa shape index (κ1) is 8.14. The van der Waals surface area contributed by atoms with Crippen molar-refractivity contribution in [2.75, 3.05) is 11.9 Å². The Morgan fingerprint density at radius 2 is 2.75 bits per heavy atom. The molecule has 0 aromatic carbocycles. The van der Waals surface area contributed by atoms with E-state index in [1.807, 2.05) is 0 Å². The summed E-state index contributed by atoms with van der Waals surface area (Å²) in [6, 6.07) is 0. The maximum atomic E-state index is 10.8. The van der Waals surface area contributed by atoms with Gasteiger partial charge >= 0.3 is 6.09 Å². The zero-order chi connectivity index (χ0) is 8.81. The molecule has 1 amide bonds. The summed E-state index contributed by atoms with van der Waals surface area (Å²) in [7, 11) is 0. The number of amides is 1. The van der Waals surface area contributed by atoms with Crippen molar-refractivity contribution in [2.45, 2.75) is 0 Å². The van der Waals surface area contributed by atoms with Crippen molar-refractivity contribution in [1.82, 2.24) is 10.2 Å². The van der Waals surface area contributed by atoms with Crippen LogP contribution < -0.4 is 5.32 Å². The summed E-state index contributed by atoms with van der Waals surface area (Å²) >= 11 is 0. The van der Waals surface area contributed by atoms with Gasteiger partial charge in [0, 0.05) is 6.20 Å². The first-order valence-electron chi connectivity index (χ1n) is 3.19. The molecule has 1 aromatic rings. The predicted molar refractivity (Wildman–Crippen MR) is 42.4 cm³/mol.